The van der Waals surface area contributed by atoms with Crippen LogP contribution in [0.4, 0.5) is 0 Å². The third-order valence-electron chi connectivity index (χ3n) is 7.01. The van der Waals surface area contributed by atoms with Crippen molar-refractivity contribution in [1.82, 2.24) is 0 Å². The molecule has 147 valence electrons. The number of rotatable bonds is 3. The molecule has 0 spiro atoms. The minimum absolute atomic E-state index is 0.499. The van der Waals surface area contributed by atoms with Gasteiger partial charge in [0.1, 0.15) is 0 Å². The molecule has 6 rings (SSSR count). The minimum atomic E-state index is 0.499. The van der Waals surface area contributed by atoms with Crippen molar-refractivity contribution in [2.45, 2.75) is 40.0 Å². The molecule has 3 aromatic rings. The van der Waals surface area contributed by atoms with Gasteiger partial charge in [-0.15, -0.1) is 0 Å². The van der Waals surface area contributed by atoms with Crippen molar-refractivity contribution in [3.8, 4) is 11.1 Å². The summed E-state index contributed by atoms with van der Waals surface area (Å²) in [4.78, 5) is 0. The van der Waals surface area contributed by atoms with Crippen LogP contribution < -0.4 is 10.4 Å². The molecule has 0 heteroatoms. The fraction of sp³-hybridized carbons (Fsp3) is 0.233. The highest BCUT2D eigenvalue weighted by Crippen LogP contribution is 2.43. The van der Waals surface area contributed by atoms with Crippen LogP contribution in [0.1, 0.15) is 50.3 Å². The van der Waals surface area contributed by atoms with E-state index < -0.39 is 0 Å². The van der Waals surface area contributed by atoms with Gasteiger partial charge >= 0.3 is 0 Å². The fourth-order valence-corrected chi connectivity index (χ4v) is 5.75. The van der Waals surface area contributed by atoms with Crippen molar-refractivity contribution in [1.29, 1.82) is 0 Å². The maximum Gasteiger partial charge on any atom is 0.0134 e. The molecule has 1 radical (unpaired) electrons. The molecule has 0 unspecified atom stereocenters. The Bertz CT molecular complexity index is 1410. The van der Waals surface area contributed by atoms with Crippen LogP contribution >= 0.6 is 0 Å². The summed E-state index contributed by atoms with van der Waals surface area (Å²) in [6, 6.07) is 16.2. The topological polar surface area (TPSA) is 0 Å². The second-order valence-electron chi connectivity index (χ2n) is 9.21. The molecule has 0 atom stereocenters. The number of benzene rings is 3. The lowest BCUT2D eigenvalue weighted by atomic mass is 9.77. The zero-order valence-corrected chi connectivity index (χ0v) is 18.0. The summed E-state index contributed by atoms with van der Waals surface area (Å²) >= 11 is 0. The molecule has 30 heavy (non-hydrogen) atoms. The van der Waals surface area contributed by atoms with Crippen molar-refractivity contribution in [2.24, 2.45) is 5.92 Å². The van der Waals surface area contributed by atoms with Gasteiger partial charge in [0, 0.05) is 6.42 Å². The van der Waals surface area contributed by atoms with E-state index in [0.29, 0.717) is 5.92 Å². The molecule has 0 bridgehead atoms. The smallest absolute Gasteiger partial charge is 0.0134 e. The fourth-order valence-electron chi connectivity index (χ4n) is 5.75. The van der Waals surface area contributed by atoms with Crippen molar-refractivity contribution in [3.63, 3.8) is 0 Å². The number of hydrogen-bond donors (Lipinski definition) is 0. The summed E-state index contributed by atoms with van der Waals surface area (Å²) in [7, 11) is 0. The van der Waals surface area contributed by atoms with E-state index >= 15 is 0 Å². The molecule has 0 heterocycles. The van der Waals surface area contributed by atoms with E-state index in [9.17, 15) is 0 Å². The van der Waals surface area contributed by atoms with Gasteiger partial charge in [0.15, 0.2) is 0 Å². The van der Waals surface area contributed by atoms with E-state index in [1.165, 1.54) is 66.6 Å². The number of allylic oxidation sites excluding steroid dienone is 4. The summed E-state index contributed by atoms with van der Waals surface area (Å²) in [6.07, 6.45) is 12.8. The summed E-state index contributed by atoms with van der Waals surface area (Å²) in [5.41, 5.74) is 11.7. The van der Waals surface area contributed by atoms with Crippen LogP contribution in [-0.2, 0) is 6.42 Å². The predicted octanol–water partition coefficient (Wildman–Crippen LogP) is 6.34. The van der Waals surface area contributed by atoms with Gasteiger partial charge < -0.3 is 0 Å². The van der Waals surface area contributed by atoms with Crippen LogP contribution in [0.5, 0.6) is 0 Å². The molecule has 3 aromatic carbocycles. The molecular weight excluding hydrogens is 360 g/mol. The van der Waals surface area contributed by atoms with Gasteiger partial charge in [-0.25, -0.2) is 0 Å². The molecule has 3 aliphatic carbocycles. The monoisotopic (exact) mass is 387 g/mol. The summed E-state index contributed by atoms with van der Waals surface area (Å²) < 4.78 is 0. The van der Waals surface area contributed by atoms with Crippen molar-refractivity contribution in [3.05, 3.63) is 93.7 Å². The third-order valence-corrected chi connectivity index (χ3v) is 7.01. The lowest BCUT2D eigenvalue weighted by molar-refractivity contribution is 0.817. The van der Waals surface area contributed by atoms with Crippen molar-refractivity contribution < 1.29 is 0 Å². The standard InChI is InChI=1S/C30H27/c1-4-6-19-9-11-21-13-14-22-12-10-20-15-16-24-17-23-7-5-8-25(27(23)24)28(20)30(22)29(21)26(19)18(2)3/h5,7-16,18H,4,6,17H2,1-3H3. The molecule has 0 aliphatic heterocycles. The number of fused-ring (bicyclic) bond motifs is 6. The quantitative estimate of drug-likeness (QED) is 0.492. The second-order valence-corrected chi connectivity index (χ2v) is 9.21. The van der Waals surface area contributed by atoms with Gasteiger partial charge in [-0.2, -0.15) is 0 Å². The first kappa shape index (κ1) is 18.0. The van der Waals surface area contributed by atoms with Crippen LogP contribution in [0, 0.1) is 12.3 Å². The lowest BCUT2D eigenvalue weighted by Crippen LogP contribution is -2.23. The Kier molecular flexibility index (Phi) is 3.93. The SMILES string of the molecule is CCCC1=C[CH]c2ccc3ccc4c(c3c2=C1C(C)C)-c1cccc2c1C(=CC=4)C2. The van der Waals surface area contributed by atoms with Crippen molar-refractivity contribution in [2.75, 3.05) is 0 Å². The molecular formula is C30H27. The molecule has 0 saturated heterocycles. The van der Waals surface area contributed by atoms with E-state index in [1.54, 1.807) is 5.57 Å². The van der Waals surface area contributed by atoms with E-state index in [0.717, 1.165) is 12.8 Å². The van der Waals surface area contributed by atoms with Gasteiger partial charge in [0.2, 0.25) is 0 Å². The van der Waals surface area contributed by atoms with E-state index in [1.807, 2.05) is 0 Å². The average Bonchev–Trinajstić information content (AvgIpc) is 2.87. The van der Waals surface area contributed by atoms with Crippen molar-refractivity contribution >= 4 is 28.0 Å². The predicted molar refractivity (Wildman–Crippen MR) is 129 cm³/mol. The second kappa shape index (κ2) is 6.57. The van der Waals surface area contributed by atoms with Crippen LogP contribution in [-0.4, -0.2) is 0 Å². The lowest BCUT2D eigenvalue weighted by Gasteiger charge is -2.27. The Balaban J connectivity index is 1.84. The first-order valence-electron chi connectivity index (χ1n) is 11.3. The largest absolute Gasteiger partial charge is 0.0725 e. The maximum absolute atomic E-state index is 2.37. The van der Waals surface area contributed by atoms with Gasteiger partial charge in [-0.05, 0) is 84.5 Å². The zero-order valence-electron chi connectivity index (χ0n) is 18.0. The van der Waals surface area contributed by atoms with E-state index in [-0.39, 0.29) is 0 Å². The molecule has 0 amide bonds. The summed E-state index contributed by atoms with van der Waals surface area (Å²) in [6.45, 7) is 7.00. The average molecular weight is 388 g/mol. The Morgan fingerprint density at radius 3 is 2.60 bits per heavy atom. The van der Waals surface area contributed by atoms with Crippen LogP contribution in [0.25, 0.3) is 39.1 Å². The third kappa shape index (κ3) is 2.40. The highest BCUT2D eigenvalue weighted by Gasteiger charge is 2.27. The van der Waals surface area contributed by atoms with Gasteiger partial charge in [0.25, 0.3) is 0 Å². The minimum Gasteiger partial charge on any atom is -0.0725 e. The van der Waals surface area contributed by atoms with Crippen LogP contribution in [0.15, 0.2) is 60.2 Å². The zero-order chi connectivity index (χ0) is 20.4. The first-order chi connectivity index (χ1) is 14.7. The Labute approximate surface area is 179 Å². The number of hydrogen-bond acceptors (Lipinski definition) is 0. The Hall–Kier alpha value is -2.86. The normalized spacial score (nSPS) is 16.1. The van der Waals surface area contributed by atoms with E-state index in [4.69, 9.17) is 0 Å². The summed E-state index contributed by atoms with van der Waals surface area (Å²) in [5.74, 6) is 0.499. The highest BCUT2D eigenvalue weighted by molar-refractivity contribution is 6.05. The molecule has 0 saturated carbocycles. The summed E-state index contributed by atoms with van der Waals surface area (Å²) in [5, 5.41) is 5.61. The molecule has 0 nitrogen and oxygen atoms in total. The van der Waals surface area contributed by atoms with Crippen LogP contribution in [0.3, 0.4) is 0 Å². The van der Waals surface area contributed by atoms with E-state index in [2.05, 4.69) is 87.9 Å². The highest BCUT2D eigenvalue weighted by atomic mass is 14.3. The first-order valence-corrected chi connectivity index (χ1v) is 11.3. The Morgan fingerprint density at radius 2 is 1.77 bits per heavy atom. The molecule has 0 fully saturated rings. The van der Waals surface area contributed by atoms with Gasteiger partial charge in [0.05, 0.1) is 0 Å². The van der Waals surface area contributed by atoms with Gasteiger partial charge in [-0.3, -0.25) is 0 Å². The molecule has 0 N–H and O–H groups in total. The maximum atomic E-state index is 2.37. The Morgan fingerprint density at radius 1 is 0.900 bits per heavy atom. The van der Waals surface area contributed by atoms with Crippen LogP contribution in [0.2, 0.25) is 0 Å². The molecule has 0 aromatic heterocycles. The molecule has 3 aliphatic rings. The van der Waals surface area contributed by atoms with Gasteiger partial charge in [-0.1, -0.05) is 87.9 Å².